The van der Waals surface area contributed by atoms with Crippen molar-refractivity contribution in [3.8, 4) is 0 Å². The van der Waals surface area contributed by atoms with E-state index in [0.717, 1.165) is 5.75 Å². The Labute approximate surface area is 133 Å². The van der Waals surface area contributed by atoms with Crippen molar-refractivity contribution in [3.05, 3.63) is 0 Å². The van der Waals surface area contributed by atoms with Crippen molar-refractivity contribution < 1.29 is 9.59 Å². The van der Waals surface area contributed by atoms with Gasteiger partial charge < -0.3 is 10.2 Å². The molecule has 4 nitrogen and oxygen atoms in total. The molecule has 1 aliphatic rings. The van der Waals surface area contributed by atoms with Crippen LogP contribution in [0.3, 0.4) is 0 Å². The molecule has 1 rings (SSSR count). The van der Waals surface area contributed by atoms with Crippen LogP contribution in [-0.2, 0) is 9.59 Å². The number of carbonyl (C=O) groups excluding carboxylic acids is 2. The van der Waals surface area contributed by atoms with Gasteiger partial charge in [0.2, 0.25) is 5.91 Å². The molecule has 0 aromatic rings. The highest BCUT2D eigenvalue weighted by atomic mass is 32.2. The fourth-order valence-electron chi connectivity index (χ4n) is 3.19. The van der Waals surface area contributed by atoms with E-state index in [2.05, 4.69) is 33.0 Å². The van der Waals surface area contributed by atoms with Crippen molar-refractivity contribution in [2.24, 2.45) is 0 Å². The quantitative estimate of drug-likeness (QED) is 0.866. The van der Waals surface area contributed by atoms with Gasteiger partial charge in [-0.3, -0.25) is 9.59 Å². The molecule has 0 aromatic carbocycles. The lowest BCUT2D eigenvalue weighted by Gasteiger charge is -2.54. The van der Waals surface area contributed by atoms with Gasteiger partial charge in [-0.05, 0) is 55.5 Å². The van der Waals surface area contributed by atoms with Gasteiger partial charge in [0, 0.05) is 22.5 Å². The molecule has 1 N–H and O–H groups in total. The number of carbonyl (C=O) groups is 2. The summed E-state index contributed by atoms with van der Waals surface area (Å²) in [6.45, 7) is 14.2. The second-order valence-corrected chi connectivity index (χ2v) is 9.23. The number of amides is 1. The van der Waals surface area contributed by atoms with E-state index in [9.17, 15) is 9.59 Å². The predicted octanol–water partition coefficient (Wildman–Crippen LogP) is 2.46. The normalized spacial score (nSPS) is 25.6. The Morgan fingerprint density at radius 2 is 1.90 bits per heavy atom. The molecule has 0 radical (unpaired) electrons. The van der Waals surface area contributed by atoms with Gasteiger partial charge in [-0.25, -0.2) is 0 Å². The van der Waals surface area contributed by atoms with Crippen LogP contribution in [0.2, 0.25) is 0 Å². The van der Waals surface area contributed by atoms with Crippen molar-refractivity contribution in [1.82, 2.24) is 10.2 Å². The van der Waals surface area contributed by atoms with E-state index in [1.54, 1.807) is 6.92 Å². The summed E-state index contributed by atoms with van der Waals surface area (Å²) in [5.74, 6) is 0.949. The zero-order valence-electron chi connectivity index (χ0n) is 14.7. The standard InChI is InChI=1S/C16H30N2O2S/c1-11(19)9-14(2,3)18-13(20)12(17-8)10-21-16(6,7)15(18,4)5/h12,17H,9-10H2,1-8H3. The highest BCUT2D eigenvalue weighted by molar-refractivity contribution is 8.00. The number of ketones is 1. The van der Waals surface area contributed by atoms with Gasteiger partial charge in [0.15, 0.2) is 0 Å². The molecule has 0 aliphatic carbocycles. The molecule has 0 bridgehead atoms. The molecule has 5 heteroatoms. The van der Waals surface area contributed by atoms with Gasteiger partial charge in [-0.15, -0.1) is 0 Å². The third-order valence-electron chi connectivity index (χ3n) is 4.80. The maximum absolute atomic E-state index is 13.0. The van der Waals surface area contributed by atoms with Crippen LogP contribution in [0.1, 0.15) is 54.9 Å². The molecular weight excluding hydrogens is 284 g/mol. The molecule has 1 saturated heterocycles. The Balaban J connectivity index is 3.37. The molecule has 0 aromatic heterocycles. The Hall–Kier alpha value is -0.550. The van der Waals surface area contributed by atoms with Gasteiger partial charge in [0.1, 0.15) is 5.78 Å². The van der Waals surface area contributed by atoms with Crippen LogP contribution in [0.5, 0.6) is 0 Å². The number of likely N-dealkylation sites (N-methyl/N-ethyl adjacent to an activating group) is 1. The van der Waals surface area contributed by atoms with Crippen molar-refractivity contribution in [2.75, 3.05) is 12.8 Å². The SMILES string of the molecule is CNC1CSC(C)(C)C(C)(C)N(C(C)(C)CC(C)=O)C1=O. The van der Waals surface area contributed by atoms with Crippen LogP contribution in [-0.4, -0.2) is 51.3 Å². The molecule has 122 valence electrons. The molecule has 1 aliphatic heterocycles. The Kier molecular flexibility index (Phi) is 5.21. The van der Waals surface area contributed by atoms with Crippen LogP contribution in [0.25, 0.3) is 0 Å². The average Bonchev–Trinajstić information content (AvgIpc) is 2.31. The van der Waals surface area contributed by atoms with Crippen molar-refractivity contribution in [1.29, 1.82) is 0 Å². The first-order chi connectivity index (χ1) is 9.37. The maximum atomic E-state index is 13.0. The number of thioether (sulfide) groups is 1. The lowest BCUT2D eigenvalue weighted by molar-refractivity contribution is -0.148. The third-order valence-corrected chi connectivity index (χ3v) is 6.52. The number of rotatable bonds is 4. The summed E-state index contributed by atoms with van der Waals surface area (Å²) < 4.78 is -0.0949. The summed E-state index contributed by atoms with van der Waals surface area (Å²) >= 11 is 1.81. The maximum Gasteiger partial charge on any atom is 0.241 e. The lowest BCUT2D eigenvalue weighted by atomic mass is 9.81. The smallest absolute Gasteiger partial charge is 0.241 e. The predicted molar refractivity (Wildman–Crippen MR) is 89.7 cm³/mol. The van der Waals surface area contributed by atoms with E-state index in [-0.39, 0.29) is 28.0 Å². The average molecular weight is 314 g/mol. The molecular formula is C16H30N2O2S. The monoisotopic (exact) mass is 314 g/mol. The zero-order valence-corrected chi connectivity index (χ0v) is 15.5. The summed E-state index contributed by atoms with van der Waals surface area (Å²) in [6, 6.07) is -0.206. The third kappa shape index (κ3) is 3.45. The largest absolute Gasteiger partial charge is 0.329 e. The van der Waals surface area contributed by atoms with Gasteiger partial charge >= 0.3 is 0 Å². The molecule has 1 heterocycles. The minimum atomic E-state index is -0.496. The van der Waals surface area contributed by atoms with E-state index in [1.165, 1.54) is 0 Å². The summed E-state index contributed by atoms with van der Waals surface area (Å²) in [6.07, 6.45) is 0.374. The van der Waals surface area contributed by atoms with Crippen molar-refractivity contribution >= 4 is 23.5 Å². The lowest BCUT2D eigenvalue weighted by Crippen LogP contribution is -2.66. The highest BCUT2D eigenvalue weighted by Gasteiger charge is 2.53. The first kappa shape index (κ1) is 18.5. The first-order valence-corrected chi connectivity index (χ1v) is 8.50. The Bertz CT molecular complexity index is 430. The number of nitrogens with zero attached hydrogens (tertiary/aromatic N) is 1. The van der Waals surface area contributed by atoms with Gasteiger partial charge in [0.25, 0.3) is 0 Å². The van der Waals surface area contributed by atoms with E-state index >= 15 is 0 Å². The van der Waals surface area contributed by atoms with E-state index in [0.29, 0.717) is 6.42 Å². The molecule has 21 heavy (non-hydrogen) atoms. The van der Waals surface area contributed by atoms with Crippen LogP contribution in [0, 0.1) is 0 Å². The zero-order chi connectivity index (χ0) is 16.6. The van der Waals surface area contributed by atoms with Crippen LogP contribution in [0.15, 0.2) is 0 Å². The summed E-state index contributed by atoms with van der Waals surface area (Å²) in [4.78, 5) is 26.7. The van der Waals surface area contributed by atoms with E-state index in [4.69, 9.17) is 0 Å². The Morgan fingerprint density at radius 3 is 2.33 bits per heavy atom. The molecule has 0 spiro atoms. The molecule has 1 atom stereocenters. The molecule has 1 unspecified atom stereocenters. The number of nitrogens with one attached hydrogen (secondary N) is 1. The minimum absolute atomic E-state index is 0.0897. The second-order valence-electron chi connectivity index (χ2n) is 7.59. The molecule has 1 fully saturated rings. The summed E-state index contributed by atoms with van der Waals surface area (Å²) in [5.41, 5.74) is -0.844. The molecule has 0 saturated carbocycles. The first-order valence-electron chi connectivity index (χ1n) is 7.51. The highest BCUT2D eigenvalue weighted by Crippen LogP contribution is 2.45. The second kappa shape index (κ2) is 5.92. The fourth-order valence-corrected chi connectivity index (χ4v) is 4.53. The van der Waals surface area contributed by atoms with E-state index < -0.39 is 5.54 Å². The van der Waals surface area contributed by atoms with Crippen LogP contribution >= 0.6 is 11.8 Å². The van der Waals surface area contributed by atoms with Gasteiger partial charge in [-0.1, -0.05) is 0 Å². The topological polar surface area (TPSA) is 49.4 Å². The minimum Gasteiger partial charge on any atom is -0.329 e. The van der Waals surface area contributed by atoms with Crippen molar-refractivity contribution in [2.45, 2.75) is 76.8 Å². The van der Waals surface area contributed by atoms with Crippen LogP contribution < -0.4 is 5.32 Å². The van der Waals surface area contributed by atoms with E-state index in [1.807, 2.05) is 37.6 Å². The molecule has 1 amide bonds. The summed E-state index contributed by atoms with van der Waals surface area (Å²) in [5, 5.41) is 3.13. The Morgan fingerprint density at radius 1 is 1.38 bits per heavy atom. The van der Waals surface area contributed by atoms with Gasteiger partial charge in [-0.2, -0.15) is 11.8 Å². The fraction of sp³-hybridized carbons (Fsp3) is 0.875. The van der Waals surface area contributed by atoms with Crippen molar-refractivity contribution in [3.63, 3.8) is 0 Å². The van der Waals surface area contributed by atoms with Crippen LogP contribution in [0.4, 0.5) is 0 Å². The number of Topliss-reactive ketones (excluding diaryl/α,β-unsaturated/α-hetero) is 1. The van der Waals surface area contributed by atoms with Gasteiger partial charge in [0.05, 0.1) is 11.6 Å². The summed E-state index contributed by atoms with van der Waals surface area (Å²) in [7, 11) is 1.82. The number of hydrogen-bond acceptors (Lipinski definition) is 4. The number of hydrogen-bond donors (Lipinski definition) is 1.